The van der Waals surface area contributed by atoms with Crippen LogP contribution in [0.5, 0.6) is 0 Å². The monoisotopic (exact) mass is 198 g/mol. The van der Waals surface area contributed by atoms with E-state index < -0.39 is 0 Å². The van der Waals surface area contributed by atoms with Crippen LogP contribution in [0.15, 0.2) is 42.5 Å². The van der Waals surface area contributed by atoms with Gasteiger partial charge in [0.2, 0.25) is 0 Å². The fraction of sp³-hybridized carbons (Fsp3) is 0.0769. The van der Waals surface area contributed by atoms with E-state index in [4.69, 9.17) is 11.5 Å². The number of nitrogens with two attached hydrogens (primary N) is 2. The summed E-state index contributed by atoms with van der Waals surface area (Å²) in [6, 6.07) is 13.8. The van der Waals surface area contributed by atoms with E-state index in [-0.39, 0.29) is 0 Å². The van der Waals surface area contributed by atoms with E-state index in [1.165, 1.54) is 0 Å². The summed E-state index contributed by atoms with van der Waals surface area (Å²) in [5.74, 6) is 0. The fourth-order valence-corrected chi connectivity index (χ4v) is 1.67. The van der Waals surface area contributed by atoms with Crippen LogP contribution >= 0.6 is 0 Å². The minimum atomic E-state index is 0.773. The first-order valence-corrected chi connectivity index (χ1v) is 4.89. The number of anilines is 2. The molecule has 0 aromatic heterocycles. The standard InChI is InChI=1S/C13H14N2/c1-9-12(6-3-7-13(9)15)10-4-2-5-11(14)8-10/h2-8H,14-15H2,1H3. The molecule has 15 heavy (non-hydrogen) atoms. The SMILES string of the molecule is Cc1c(N)cccc1-c1cccc(N)c1. The van der Waals surface area contributed by atoms with Crippen molar-refractivity contribution in [3.8, 4) is 11.1 Å². The summed E-state index contributed by atoms with van der Waals surface area (Å²) in [7, 11) is 0. The van der Waals surface area contributed by atoms with Crippen molar-refractivity contribution in [1.29, 1.82) is 0 Å². The maximum absolute atomic E-state index is 5.86. The second-order valence-electron chi connectivity index (χ2n) is 3.65. The van der Waals surface area contributed by atoms with Gasteiger partial charge in [-0.1, -0.05) is 24.3 Å². The summed E-state index contributed by atoms with van der Waals surface area (Å²) in [6.07, 6.45) is 0. The first-order chi connectivity index (χ1) is 7.18. The molecule has 0 amide bonds. The molecule has 0 saturated carbocycles. The smallest absolute Gasteiger partial charge is 0.0349 e. The van der Waals surface area contributed by atoms with Gasteiger partial charge in [-0.25, -0.2) is 0 Å². The topological polar surface area (TPSA) is 52.0 Å². The molecule has 0 unspecified atom stereocenters. The third-order valence-electron chi connectivity index (χ3n) is 2.57. The summed E-state index contributed by atoms with van der Waals surface area (Å²) in [4.78, 5) is 0. The van der Waals surface area contributed by atoms with Crippen LogP contribution in [-0.2, 0) is 0 Å². The van der Waals surface area contributed by atoms with E-state index >= 15 is 0 Å². The van der Waals surface area contributed by atoms with Crippen LogP contribution in [-0.4, -0.2) is 0 Å². The molecule has 0 fully saturated rings. The van der Waals surface area contributed by atoms with E-state index in [9.17, 15) is 0 Å². The normalized spacial score (nSPS) is 10.2. The minimum Gasteiger partial charge on any atom is -0.399 e. The Hall–Kier alpha value is -1.96. The second-order valence-corrected chi connectivity index (χ2v) is 3.65. The van der Waals surface area contributed by atoms with Crippen molar-refractivity contribution >= 4 is 11.4 Å². The molecule has 0 atom stereocenters. The summed E-state index contributed by atoms with van der Waals surface area (Å²) in [5.41, 5.74) is 16.6. The quantitative estimate of drug-likeness (QED) is 0.692. The zero-order valence-corrected chi connectivity index (χ0v) is 8.70. The van der Waals surface area contributed by atoms with E-state index in [0.717, 1.165) is 28.1 Å². The highest BCUT2D eigenvalue weighted by Gasteiger charge is 2.03. The molecule has 2 rings (SSSR count). The molecular formula is C13H14N2. The van der Waals surface area contributed by atoms with Crippen molar-refractivity contribution in [2.75, 3.05) is 11.5 Å². The van der Waals surface area contributed by atoms with Gasteiger partial charge in [0.15, 0.2) is 0 Å². The summed E-state index contributed by atoms with van der Waals surface area (Å²) >= 11 is 0. The Labute approximate surface area is 89.5 Å². The van der Waals surface area contributed by atoms with Gasteiger partial charge in [0, 0.05) is 11.4 Å². The van der Waals surface area contributed by atoms with Gasteiger partial charge in [-0.15, -0.1) is 0 Å². The molecule has 0 spiro atoms. The molecule has 0 bridgehead atoms. The van der Waals surface area contributed by atoms with Crippen LogP contribution < -0.4 is 11.5 Å². The van der Waals surface area contributed by atoms with Gasteiger partial charge >= 0.3 is 0 Å². The Morgan fingerprint density at radius 3 is 2.40 bits per heavy atom. The van der Waals surface area contributed by atoms with E-state index in [0.29, 0.717) is 0 Å². The fourth-order valence-electron chi connectivity index (χ4n) is 1.67. The lowest BCUT2D eigenvalue weighted by atomic mass is 9.99. The maximum atomic E-state index is 5.86. The van der Waals surface area contributed by atoms with Crippen molar-refractivity contribution < 1.29 is 0 Å². The Kier molecular flexibility index (Phi) is 2.34. The van der Waals surface area contributed by atoms with Gasteiger partial charge in [-0.05, 0) is 41.8 Å². The molecule has 0 aliphatic heterocycles. The number of hydrogen-bond donors (Lipinski definition) is 2. The van der Waals surface area contributed by atoms with E-state index in [1.54, 1.807) is 0 Å². The molecule has 2 aromatic carbocycles. The first kappa shape index (κ1) is 9.59. The average Bonchev–Trinajstić information content (AvgIpc) is 2.22. The van der Waals surface area contributed by atoms with Crippen molar-refractivity contribution in [2.24, 2.45) is 0 Å². The lowest BCUT2D eigenvalue weighted by Crippen LogP contribution is -1.92. The molecule has 0 aliphatic rings. The maximum Gasteiger partial charge on any atom is 0.0349 e. The number of rotatable bonds is 1. The Morgan fingerprint density at radius 1 is 0.933 bits per heavy atom. The summed E-state index contributed by atoms with van der Waals surface area (Å²) in [6.45, 7) is 2.02. The predicted molar refractivity (Wildman–Crippen MR) is 65.4 cm³/mol. The van der Waals surface area contributed by atoms with Crippen LogP contribution in [0.1, 0.15) is 5.56 Å². The van der Waals surface area contributed by atoms with Crippen molar-refractivity contribution in [2.45, 2.75) is 6.92 Å². The third-order valence-corrected chi connectivity index (χ3v) is 2.57. The second kappa shape index (κ2) is 3.65. The third kappa shape index (κ3) is 1.79. The Balaban J connectivity index is 2.59. The van der Waals surface area contributed by atoms with Gasteiger partial charge in [-0.3, -0.25) is 0 Å². The Morgan fingerprint density at radius 2 is 1.67 bits per heavy atom. The van der Waals surface area contributed by atoms with Crippen molar-refractivity contribution in [1.82, 2.24) is 0 Å². The average molecular weight is 198 g/mol. The van der Waals surface area contributed by atoms with Crippen LogP contribution in [0.2, 0.25) is 0 Å². The molecule has 0 saturated heterocycles. The highest BCUT2D eigenvalue weighted by molar-refractivity contribution is 5.74. The van der Waals surface area contributed by atoms with E-state index in [1.807, 2.05) is 43.3 Å². The molecular weight excluding hydrogens is 184 g/mol. The van der Waals surface area contributed by atoms with Crippen molar-refractivity contribution in [3.63, 3.8) is 0 Å². The van der Waals surface area contributed by atoms with Gasteiger partial charge in [0.1, 0.15) is 0 Å². The van der Waals surface area contributed by atoms with Crippen LogP contribution in [0.4, 0.5) is 11.4 Å². The molecule has 0 aliphatic carbocycles. The largest absolute Gasteiger partial charge is 0.399 e. The first-order valence-electron chi connectivity index (χ1n) is 4.89. The lowest BCUT2D eigenvalue weighted by Gasteiger charge is -2.08. The van der Waals surface area contributed by atoms with Crippen molar-refractivity contribution in [3.05, 3.63) is 48.0 Å². The number of nitrogen functional groups attached to an aromatic ring is 2. The van der Waals surface area contributed by atoms with Gasteiger partial charge in [-0.2, -0.15) is 0 Å². The van der Waals surface area contributed by atoms with Gasteiger partial charge < -0.3 is 11.5 Å². The minimum absolute atomic E-state index is 0.773. The summed E-state index contributed by atoms with van der Waals surface area (Å²) < 4.78 is 0. The summed E-state index contributed by atoms with van der Waals surface area (Å²) in [5, 5.41) is 0. The lowest BCUT2D eigenvalue weighted by molar-refractivity contribution is 1.46. The molecule has 2 heteroatoms. The van der Waals surface area contributed by atoms with Crippen LogP contribution in [0.25, 0.3) is 11.1 Å². The highest BCUT2D eigenvalue weighted by atomic mass is 14.6. The zero-order valence-electron chi connectivity index (χ0n) is 8.70. The number of benzene rings is 2. The molecule has 76 valence electrons. The molecule has 4 N–H and O–H groups in total. The molecule has 2 aromatic rings. The van der Waals surface area contributed by atoms with Crippen LogP contribution in [0, 0.1) is 6.92 Å². The highest BCUT2D eigenvalue weighted by Crippen LogP contribution is 2.27. The molecule has 2 nitrogen and oxygen atoms in total. The van der Waals surface area contributed by atoms with E-state index in [2.05, 4.69) is 6.07 Å². The number of hydrogen-bond acceptors (Lipinski definition) is 2. The zero-order chi connectivity index (χ0) is 10.8. The Bertz CT molecular complexity index is 490. The van der Waals surface area contributed by atoms with Crippen LogP contribution in [0.3, 0.4) is 0 Å². The van der Waals surface area contributed by atoms with Gasteiger partial charge in [0.25, 0.3) is 0 Å². The molecule has 0 radical (unpaired) electrons. The molecule has 0 heterocycles. The predicted octanol–water partition coefficient (Wildman–Crippen LogP) is 2.83. The van der Waals surface area contributed by atoms with Gasteiger partial charge in [0.05, 0.1) is 0 Å².